The summed E-state index contributed by atoms with van der Waals surface area (Å²) in [6.07, 6.45) is 0.797. The lowest BCUT2D eigenvalue weighted by Crippen LogP contribution is -2.06. The van der Waals surface area contributed by atoms with Crippen LogP contribution in [0.1, 0.15) is 36.3 Å². The average molecular weight is 274 g/mol. The second-order valence-electron chi connectivity index (χ2n) is 4.93. The van der Waals surface area contributed by atoms with E-state index in [1.807, 2.05) is 26.0 Å². The van der Waals surface area contributed by atoms with E-state index < -0.39 is 0 Å². The van der Waals surface area contributed by atoms with Gasteiger partial charge in [0, 0.05) is 17.2 Å². The lowest BCUT2D eigenvalue weighted by atomic mass is 10.0. The van der Waals surface area contributed by atoms with E-state index in [-0.39, 0.29) is 16.7 Å². The fourth-order valence-corrected chi connectivity index (χ4v) is 2.16. The Morgan fingerprint density at radius 1 is 1.30 bits per heavy atom. The van der Waals surface area contributed by atoms with E-state index in [0.717, 1.165) is 23.3 Å². The first-order valence-electron chi connectivity index (χ1n) is 6.55. The number of nitro benzene ring substituents is 1. The maximum Gasteiger partial charge on any atom is 0.272 e. The highest BCUT2D eigenvalue weighted by Crippen LogP contribution is 2.32. The van der Waals surface area contributed by atoms with E-state index in [4.69, 9.17) is 10.2 Å². The van der Waals surface area contributed by atoms with E-state index in [1.165, 1.54) is 0 Å². The molecule has 0 saturated heterocycles. The van der Waals surface area contributed by atoms with Crippen LogP contribution in [0.4, 0.5) is 5.69 Å². The third-order valence-electron chi connectivity index (χ3n) is 3.44. The van der Waals surface area contributed by atoms with Gasteiger partial charge in [0.2, 0.25) is 0 Å². The number of nitrogens with two attached hydrogens (primary N) is 1. The Balaban J connectivity index is 2.45. The molecule has 1 unspecified atom stereocenters. The summed E-state index contributed by atoms with van der Waals surface area (Å²) in [5.41, 5.74) is 8.36. The van der Waals surface area contributed by atoms with Crippen LogP contribution in [0, 0.1) is 24.0 Å². The molecule has 20 heavy (non-hydrogen) atoms. The minimum absolute atomic E-state index is 0.122. The molecule has 2 aromatic rings. The molecule has 1 heterocycles. The fourth-order valence-electron chi connectivity index (χ4n) is 2.16. The molecular weight excluding hydrogens is 256 g/mol. The lowest BCUT2D eigenvalue weighted by molar-refractivity contribution is -0.385. The van der Waals surface area contributed by atoms with Crippen LogP contribution in [0.2, 0.25) is 0 Å². The molecule has 1 aromatic heterocycles. The van der Waals surface area contributed by atoms with Gasteiger partial charge in [-0.15, -0.1) is 0 Å². The largest absolute Gasteiger partial charge is 0.459 e. The van der Waals surface area contributed by atoms with Crippen LogP contribution < -0.4 is 5.73 Å². The summed E-state index contributed by atoms with van der Waals surface area (Å²) in [6, 6.07) is 6.96. The van der Waals surface area contributed by atoms with Gasteiger partial charge < -0.3 is 10.2 Å². The minimum Gasteiger partial charge on any atom is -0.459 e. The lowest BCUT2D eigenvalue weighted by Gasteiger charge is -2.07. The van der Waals surface area contributed by atoms with Crippen LogP contribution in [-0.2, 0) is 0 Å². The van der Waals surface area contributed by atoms with E-state index in [1.54, 1.807) is 19.1 Å². The molecule has 0 radical (unpaired) electrons. The van der Waals surface area contributed by atoms with Crippen LogP contribution in [0.5, 0.6) is 0 Å². The molecule has 0 aliphatic carbocycles. The standard InChI is InChI=1S/C15H18N2O3/c1-4-12(16)15-6-5-14(20-15)11-7-10(3)13(17(18)19)8-9(11)2/h5-8,12H,4,16H2,1-3H3. The molecule has 1 aromatic carbocycles. The highest BCUT2D eigenvalue weighted by molar-refractivity contribution is 5.66. The Kier molecular flexibility index (Phi) is 3.90. The van der Waals surface area contributed by atoms with Crippen molar-refractivity contribution in [3.63, 3.8) is 0 Å². The zero-order chi connectivity index (χ0) is 14.9. The number of rotatable bonds is 4. The van der Waals surface area contributed by atoms with Gasteiger partial charge in [0.25, 0.3) is 5.69 Å². The van der Waals surface area contributed by atoms with Crippen molar-refractivity contribution < 1.29 is 9.34 Å². The van der Waals surface area contributed by atoms with Gasteiger partial charge in [0.05, 0.1) is 11.0 Å². The molecule has 1 atom stereocenters. The topological polar surface area (TPSA) is 82.3 Å². The number of benzene rings is 1. The van der Waals surface area contributed by atoms with E-state index >= 15 is 0 Å². The molecule has 2 rings (SSSR count). The summed E-state index contributed by atoms with van der Waals surface area (Å²) in [4.78, 5) is 10.6. The van der Waals surface area contributed by atoms with E-state index in [2.05, 4.69) is 0 Å². The molecule has 0 aliphatic heterocycles. The first-order valence-corrected chi connectivity index (χ1v) is 6.55. The molecule has 0 saturated carbocycles. The SMILES string of the molecule is CCC(N)c1ccc(-c2cc(C)c([N+](=O)[O-])cc2C)o1. The maximum atomic E-state index is 10.9. The van der Waals surface area contributed by atoms with Crippen molar-refractivity contribution in [3.8, 4) is 11.3 Å². The molecule has 0 amide bonds. The van der Waals surface area contributed by atoms with Gasteiger partial charge in [0.1, 0.15) is 11.5 Å². The number of hydrogen-bond donors (Lipinski definition) is 1. The van der Waals surface area contributed by atoms with E-state index in [9.17, 15) is 10.1 Å². The zero-order valence-corrected chi connectivity index (χ0v) is 11.8. The number of nitrogens with zero attached hydrogens (tertiary/aromatic N) is 1. The number of furan rings is 1. The van der Waals surface area contributed by atoms with Gasteiger partial charge in [-0.2, -0.15) is 0 Å². The first-order chi connectivity index (χ1) is 9.43. The predicted molar refractivity (Wildman–Crippen MR) is 77.5 cm³/mol. The molecule has 2 N–H and O–H groups in total. The van der Waals surface area contributed by atoms with Crippen molar-refractivity contribution in [1.29, 1.82) is 0 Å². The number of hydrogen-bond acceptors (Lipinski definition) is 4. The summed E-state index contributed by atoms with van der Waals surface area (Å²) >= 11 is 0. The van der Waals surface area contributed by atoms with Crippen molar-refractivity contribution in [1.82, 2.24) is 0 Å². The molecule has 0 aliphatic rings. The Morgan fingerprint density at radius 2 is 2.00 bits per heavy atom. The quantitative estimate of drug-likeness (QED) is 0.677. The summed E-state index contributed by atoms with van der Waals surface area (Å²) < 4.78 is 5.76. The highest BCUT2D eigenvalue weighted by atomic mass is 16.6. The summed E-state index contributed by atoms with van der Waals surface area (Å²) in [6.45, 7) is 5.56. The van der Waals surface area contributed by atoms with Gasteiger partial charge in [-0.3, -0.25) is 10.1 Å². The highest BCUT2D eigenvalue weighted by Gasteiger charge is 2.17. The van der Waals surface area contributed by atoms with Crippen LogP contribution in [0.3, 0.4) is 0 Å². The molecule has 5 heteroatoms. The van der Waals surface area contributed by atoms with Crippen LogP contribution >= 0.6 is 0 Å². The molecule has 0 spiro atoms. The zero-order valence-electron chi connectivity index (χ0n) is 11.8. The van der Waals surface area contributed by atoms with Crippen molar-refractivity contribution >= 4 is 5.69 Å². The van der Waals surface area contributed by atoms with Gasteiger partial charge in [-0.1, -0.05) is 6.92 Å². The smallest absolute Gasteiger partial charge is 0.272 e. The van der Waals surface area contributed by atoms with Gasteiger partial charge in [0.15, 0.2) is 0 Å². The molecule has 106 valence electrons. The Bertz CT molecular complexity index is 647. The first kappa shape index (κ1) is 14.3. The van der Waals surface area contributed by atoms with E-state index in [0.29, 0.717) is 11.3 Å². The molecule has 0 fully saturated rings. The minimum atomic E-state index is -0.368. The fraction of sp³-hybridized carbons (Fsp3) is 0.333. The molecular formula is C15H18N2O3. The van der Waals surface area contributed by atoms with Crippen molar-refractivity contribution in [2.24, 2.45) is 5.73 Å². The second kappa shape index (κ2) is 5.46. The van der Waals surface area contributed by atoms with Crippen molar-refractivity contribution in [2.45, 2.75) is 33.2 Å². The monoisotopic (exact) mass is 274 g/mol. The molecule has 5 nitrogen and oxygen atoms in total. The normalized spacial score (nSPS) is 12.4. The van der Waals surface area contributed by atoms with Crippen molar-refractivity contribution in [2.75, 3.05) is 0 Å². The maximum absolute atomic E-state index is 10.9. The number of nitro groups is 1. The summed E-state index contributed by atoms with van der Waals surface area (Å²) in [7, 11) is 0. The number of aryl methyl sites for hydroxylation is 2. The Morgan fingerprint density at radius 3 is 2.60 bits per heavy atom. The van der Waals surface area contributed by atoms with Crippen molar-refractivity contribution in [3.05, 3.63) is 51.3 Å². The van der Waals surface area contributed by atoms with Gasteiger partial charge >= 0.3 is 0 Å². The van der Waals surface area contributed by atoms with Crippen LogP contribution in [0.15, 0.2) is 28.7 Å². The summed E-state index contributed by atoms with van der Waals surface area (Å²) in [5, 5.41) is 10.9. The Hall–Kier alpha value is -2.14. The van der Waals surface area contributed by atoms with Crippen LogP contribution in [0.25, 0.3) is 11.3 Å². The second-order valence-corrected chi connectivity index (χ2v) is 4.93. The Labute approximate surface area is 117 Å². The van der Waals surface area contributed by atoms with Gasteiger partial charge in [-0.25, -0.2) is 0 Å². The molecule has 0 bridgehead atoms. The third-order valence-corrected chi connectivity index (χ3v) is 3.44. The summed E-state index contributed by atoms with van der Waals surface area (Å²) in [5.74, 6) is 1.43. The van der Waals surface area contributed by atoms with Crippen LogP contribution in [-0.4, -0.2) is 4.92 Å². The predicted octanol–water partition coefficient (Wildman–Crippen LogP) is 3.88. The van der Waals surface area contributed by atoms with Gasteiger partial charge in [-0.05, 0) is 44.0 Å². The average Bonchev–Trinajstić information content (AvgIpc) is 2.89. The third kappa shape index (κ3) is 2.58.